The van der Waals surface area contributed by atoms with Crippen molar-refractivity contribution in [3.05, 3.63) is 131 Å². The number of nitrogens with zero attached hydrogens (tertiary/aromatic N) is 3. The first-order valence-electron chi connectivity index (χ1n) is 20.0. The van der Waals surface area contributed by atoms with Crippen LogP contribution in [-0.4, -0.2) is 59.2 Å². The number of imide groups is 2. The van der Waals surface area contributed by atoms with Gasteiger partial charge in [0.05, 0.1) is 42.2 Å². The number of anilines is 2. The highest BCUT2D eigenvalue weighted by Gasteiger charge is 2.86. The second kappa shape index (κ2) is 12.3. The maximum atomic E-state index is 15.3. The molecule has 56 heavy (non-hydrogen) atoms. The molecule has 1 aliphatic carbocycles. The number of rotatable bonds is 6. The number of hydrogen-bond acceptors (Lipinski definition) is 7. The van der Waals surface area contributed by atoms with E-state index in [1.807, 2.05) is 59.5 Å². The van der Waals surface area contributed by atoms with Crippen LogP contribution in [0.15, 0.2) is 103 Å². The number of carbonyl (C=O) groups is 5. The van der Waals surface area contributed by atoms with Gasteiger partial charge in [0.15, 0.2) is 0 Å². The van der Waals surface area contributed by atoms with E-state index >= 15 is 14.4 Å². The van der Waals surface area contributed by atoms with Gasteiger partial charge in [0, 0.05) is 18.0 Å². The van der Waals surface area contributed by atoms with Gasteiger partial charge in [0.1, 0.15) is 5.54 Å². The molecule has 284 valence electrons. The van der Waals surface area contributed by atoms with E-state index in [0.29, 0.717) is 17.8 Å². The van der Waals surface area contributed by atoms with E-state index in [1.165, 1.54) is 16.9 Å². The fraction of sp³-hybridized carbons (Fsp3) is 0.383. The van der Waals surface area contributed by atoms with Crippen molar-refractivity contribution in [3.63, 3.8) is 0 Å². The SMILES string of the molecule is COC(=O)[C@]12[C@H]3C(=O)N(c4ccc(C(C)C)cc4)C(=O)[C@H]3[C@H]3[C@H]4[C@@H](c5ccccc5)c5ccccc5[C@H]4C[C@H]([C@@H]4C(=O)N(c5ccc(C(C)C)cc5)C(=O)[C@@H]41)N32. The summed E-state index contributed by atoms with van der Waals surface area (Å²) in [6, 6.07) is 32.2. The summed E-state index contributed by atoms with van der Waals surface area (Å²) in [5.41, 5.74) is 4.49. The van der Waals surface area contributed by atoms with E-state index in [0.717, 1.165) is 27.8 Å². The molecule has 0 saturated carbocycles. The van der Waals surface area contributed by atoms with Crippen LogP contribution in [0.5, 0.6) is 0 Å². The quantitative estimate of drug-likeness (QED) is 0.158. The van der Waals surface area contributed by atoms with E-state index in [1.54, 1.807) is 24.3 Å². The topological polar surface area (TPSA) is 104 Å². The Morgan fingerprint density at radius 2 is 1.14 bits per heavy atom. The summed E-state index contributed by atoms with van der Waals surface area (Å²) in [6.45, 7) is 8.32. The van der Waals surface area contributed by atoms with E-state index < -0.39 is 59.1 Å². The summed E-state index contributed by atoms with van der Waals surface area (Å²) in [7, 11) is 1.28. The van der Waals surface area contributed by atoms with Crippen LogP contribution < -0.4 is 9.80 Å². The molecule has 9 heteroatoms. The predicted molar refractivity (Wildman–Crippen MR) is 210 cm³/mol. The molecule has 0 radical (unpaired) electrons. The lowest BCUT2D eigenvalue weighted by Crippen LogP contribution is -2.64. The third-order valence-electron chi connectivity index (χ3n) is 14.3. The molecule has 4 aromatic carbocycles. The van der Waals surface area contributed by atoms with Gasteiger partial charge in [0.2, 0.25) is 23.6 Å². The van der Waals surface area contributed by atoms with Crippen LogP contribution in [0.4, 0.5) is 11.4 Å². The maximum Gasteiger partial charge on any atom is 0.328 e. The van der Waals surface area contributed by atoms with Gasteiger partial charge in [-0.3, -0.25) is 24.1 Å². The van der Waals surface area contributed by atoms with Gasteiger partial charge in [0.25, 0.3) is 0 Å². The molecule has 5 saturated heterocycles. The number of benzene rings is 4. The van der Waals surface area contributed by atoms with Gasteiger partial charge in [-0.1, -0.05) is 107 Å². The second-order valence-corrected chi connectivity index (χ2v) is 17.2. The number of hydrogen-bond donors (Lipinski definition) is 0. The molecular weight excluding hydrogens is 703 g/mol. The highest BCUT2D eigenvalue weighted by atomic mass is 16.5. The standard InChI is InChI=1S/C47H45N3O6/c1-24(2)26-15-19-29(20-16-26)48-42(51)37-34-23-33-31-13-9-10-14-32(31)35(28-11-7-6-8-12-28)36(33)41-38-40(47(50(34)41,46(55)56-5)39(37)44(48)53)45(54)49(43(38)52)30-21-17-27(18-22-30)25(3)4/h6-22,24-25,33-41H,23H2,1-5H3/t33-,34-,35+,36-,37+,38-,39-,40-,41-,47-/m1/s1. The number of ether oxygens (including phenoxy) is 1. The fourth-order valence-electron chi connectivity index (χ4n) is 12.2. The number of esters is 1. The molecule has 4 aromatic rings. The molecule has 4 amide bonds. The van der Waals surface area contributed by atoms with Crippen LogP contribution in [0.3, 0.4) is 0 Å². The minimum atomic E-state index is -1.88. The van der Waals surface area contributed by atoms with Gasteiger partial charge >= 0.3 is 5.97 Å². The molecular formula is C47H45N3O6. The molecule has 10 atom stereocenters. The monoisotopic (exact) mass is 747 g/mol. The molecule has 5 heterocycles. The molecule has 0 aromatic heterocycles. The number of carbonyl (C=O) groups excluding carboxylic acids is 5. The summed E-state index contributed by atoms with van der Waals surface area (Å²) in [6.07, 6.45) is 0.489. The van der Waals surface area contributed by atoms with Crippen molar-refractivity contribution in [2.75, 3.05) is 16.9 Å². The summed E-state index contributed by atoms with van der Waals surface area (Å²) in [5.74, 6) is -6.87. The van der Waals surface area contributed by atoms with Gasteiger partial charge in [-0.2, -0.15) is 0 Å². The zero-order valence-corrected chi connectivity index (χ0v) is 32.2. The molecule has 5 aliphatic heterocycles. The van der Waals surface area contributed by atoms with Gasteiger partial charge in [-0.25, -0.2) is 14.6 Å². The molecule has 0 N–H and O–H groups in total. The average molecular weight is 748 g/mol. The Morgan fingerprint density at radius 3 is 1.68 bits per heavy atom. The summed E-state index contributed by atoms with van der Waals surface area (Å²) < 4.78 is 5.69. The van der Waals surface area contributed by atoms with Crippen molar-refractivity contribution in [3.8, 4) is 0 Å². The Hall–Kier alpha value is -5.41. The summed E-state index contributed by atoms with van der Waals surface area (Å²) >= 11 is 0. The number of amides is 4. The predicted octanol–water partition coefficient (Wildman–Crippen LogP) is 6.77. The molecule has 10 rings (SSSR count). The lowest BCUT2D eigenvalue weighted by Gasteiger charge is -2.49. The van der Waals surface area contributed by atoms with Crippen LogP contribution in [0.25, 0.3) is 0 Å². The molecule has 0 spiro atoms. The van der Waals surface area contributed by atoms with Crippen LogP contribution >= 0.6 is 0 Å². The van der Waals surface area contributed by atoms with Crippen molar-refractivity contribution in [2.45, 2.75) is 75.4 Å². The van der Waals surface area contributed by atoms with E-state index in [2.05, 4.69) is 52.0 Å². The van der Waals surface area contributed by atoms with E-state index in [-0.39, 0.29) is 41.4 Å². The van der Waals surface area contributed by atoms with Gasteiger partial charge < -0.3 is 4.74 Å². The lowest BCUT2D eigenvalue weighted by atomic mass is 9.64. The highest BCUT2D eigenvalue weighted by molar-refractivity contribution is 6.28. The van der Waals surface area contributed by atoms with Gasteiger partial charge in [-0.05, 0) is 82.2 Å². The maximum absolute atomic E-state index is 15.3. The number of methoxy groups -OCH3 is 1. The van der Waals surface area contributed by atoms with Crippen molar-refractivity contribution in [1.29, 1.82) is 0 Å². The van der Waals surface area contributed by atoms with Crippen LogP contribution in [0, 0.1) is 29.6 Å². The van der Waals surface area contributed by atoms with Crippen LogP contribution in [0.2, 0.25) is 0 Å². The molecule has 6 aliphatic rings. The third kappa shape index (κ3) is 4.32. The number of piperidine rings is 1. The fourth-order valence-corrected chi connectivity index (χ4v) is 12.2. The number of fused-ring (bicyclic) bond motifs is 10. The molecule has 9 nitrogen and oxygen atoms in total. The Bertz CT molecular complexity index is 2320. The van der Waals surface area contributed by atoms with Crippen molar-refractivity contribution in [1.82, 2.24) is 4.90 Å². The summed E-state index contributed by atoms with van der Waals surface area (Å²) in [4.78, 5) is 80.3. The molecule has 5 fully saturated rings. The molecule has 0 unspecified atom stereocenters. The first kappa shape index (κ1) is 35.0. The second-order valence-electron chi connectivity index (χ2n) is 17.2. The largest absolute Gasteiger partial charge is 0.468 e. The first-order chi connectivity index (χ1) is 27.0. The smallest absolute Gasteiger partial charge is 0.328 e. The van der Waals surface area contributed by atoms with E-state index in [4.69, 9.17) is 4.74 Å². The average Bonchev–Trinajstić information content (AvgIpc) is 3.94. The minimum absolute atomic E-state index is 0.0972. The normalized spacial score (nSPS) is 32.6. The third-order valence-corrected chi connectivity index (χ3v) is 14.3. The van der Waals surface area contributed by atoms with E-state index in [9.17, 15) is 9.59 Å². The Balaban J connectivity index is 1.20. The Kier molecular flexibility index (Phi) is 7.69. The van der Waals surface area contributed by atoms with Crippen LogP contribution in [0.1, 0.15) is 85.6 Å². The lowest BCUT2D eigenvalue weighted by molar-refractivity contribution is -0.164. The van der Waals surface area contributed by atoms with Crippen LogP contribution in [-0.2, 0) is 28.7 Å². The summed E-state index contributed by atoms with van der Waals surface area (Å²) in [5, 5.41) is 0. The van der Waals surface area contributed by atoms with Gasteiger partial charge in [-0.15, -0.1) is 0 Å². The highest BCUT2D eigenvalue weighted by Crippen LogP contribution is 2.71. The van der Waals surface area contributed by atoms with Crippen molar-refractivity contribution < 1.29 is 28.7 Å². The molecule has 0 bridgehead atoms. The zero-order valence-electron chi connectivity index (χ0n) is 32.2. The van der Waals surface area contributed by atoms with Crippen molar-refractivity contribution >= 4 is 41.0 Å². The zero-order chi connectivity index (χ0) is 38.9. The minimum Gasteiger partial charge on any atom is -0.468 e. The Labute approximate surface area is 326 Å². The first-order valence-corrected chi connectivity index (χ1v) is 20.0. The van der Waals surface area contributed by atoms with Crippen molar-refractivity contribution in [2.24, 2.45) is 29.6 Å². The Morgan fingerprint density at radius 1 is 0.643 bits per heavy atom.